The van der Waals surface area contributed by atoms with Crippen molar-refractivity contribution in [3.63, 3.8) is 0 Å². The molecule has 2 aromatic carbocycles. The smallest absolute Gasteiger partial charge is 0.371 e. The first-order valence-electron chi connectivity index (χ1n) is 13.4. The Morgan fingerprint density at radius 2 is 1.63 bits per heavy atom. The molecule has 5 nitrogen and oxygen atoms in total. The minimum absolute atomic E-state index is 0.107. The molecule has 41 heavy (non-hydrogen) atoms. The molecule has 0 saturated carbocycles. The van der Waals surface area contributed by atoms with Gasteiger partial charge in [-0.3, -0.25) is 9.78 Å². The first kappa shape index (κ1) is 29.1. The number of ether oxygens (including phenoxy) is 1. The van der Waals surface area contributed by atoms with Crippen LogP contribution in [0.4, 0.5) is 26.3 Å². The first-order valence-corrected chi connectivity index (χ1v) is 13.4. The van der Waals surface area contributed by atoms with Crippen LogP contribution in [0.25, 0.3) is 0 Å². The largest absolute Gasteiger partial charge is 0.416 e. The molecule has 0 spiro atoms. The minimum atomic E-state index is -4.94. The van der Waals surface area contributed by atoms with Crippen molar-refractivity contribution < 1.29 is 35.9 Å². The van der Waals surface area contributed by atoms with E-state index in [-0.39, 0.29) is 23.6 Å². The van der Waals surface area contributed by atoms with Crippen LogP contribution in [0.1, 0.15) is 47.2 Å². The number of fused-ring (bicyclic) bond motifs is 2. The Morgan fingerprint density at radius 3 is 2.27 bits per heavy atom. The van der Waals surface area contributed by atoms with Gasteiger partial charge in [-0.15, -0.1) is 0 Å². The SMILES string of the molecule is O=C(NCCc1ccccn1)C1CC2(c3ccccc3)NC1CCC2OCc1cc(C(F)(F)F)cc(C(F)(F)F)c1. The Labute approximate surface area is 233 Å². The number of aromatic nitrogens is 1. The van der Waals surface area contributed by atoms with Gasteiger partial charge in [-0.05, 0) is 60.7 Å². The van der Waals surface area contributed by atoms with Crippen LogP contribution in [0.3, 0.4) is 0 Å². The lowest BCUT2D eigenvalue weighted by Crippen LogP contribution is -2.54. The third kappa shape index (κ3) is 6.41. The Kier molecular flexibility index (Phi) is 8.11. The second-order valence-corrected chi connectivity index (χ2v) is 10.6. The molecule has 2 N–H and O–H groups in total. The molecule has 4 atom stereocenters. The maximum Gasteiger partial charge on any atom is 0.416 e. The van der Waals surface area contributed by atoms with E-state index in [4.69, 9.17) is 4.74 Å². The van der Waals surface area contributed by atoms with Gasteiger partial charge < -0.3 is 15.4 Å². The predicted molar refractivity (Wildman–Crippen MR) is 138 cm³/mol. The summed E-state index contributed by atoms with van der Waals surface area (Å²) in [6.45, 7) is -0.0338. The number of hydrogen-bond donors (Lipinski definition) is 2. The summed E-state index contributed by atoms with van der Waals surface area (Å²) in [4.78, 5) is 17.5. The van der Waals surface area contributed by atoms with E-state index in [1.165, 1.54) is 0 Å². The number of carbonyl (C=O) groups is 1. The fourth-order valence-electron chi connectivity index (χ4n) is 5.97. The highest BCUT2D eigenvalue weighted by atomic mass is 19.4. The number of amides is 1. The topological polar surface area (TPSA) is 63.2 Å². The van der Waals surface area contributed by atoms with Crippen molar-refractivity contribution in [2.24, 2.45) is 5.92 Å². The quantitative estimate of drug-likeness (QED) is 0.321. The number of alkyl halides is 6. The summed E-state index contributed by atoms with van der Waals surface area (Å²) in [5.74, 6) is -0.512. The molecule has 4 unspecified atom stereocenters. The van der Waals surface area contributed by atoms with Gasteiger partial charge in [0.1, 0.15) is 0 Å². The fraction of sp³-hybridized carbons (Fsp3) is 0.400. The molecule has 2 bridgehead atoms. The monoisotopic (exact) mass is 577 g/mol. The molecule has 2 saturated heterocycles. The van der Waals surface area contributed by atoms with Crippen LogP contribution >= 0.6 is 0 Å². The summed E-state index contributed by atoms with van der Waals surface area (Å²) in [6.07, 6.45) is -6.79. The van der Waals surface area contributed by atoms with Gasteiger partial charge in [0.25, 0.3) is 0 Å². The summed E-state index contributed by atoms with van der Waals surface area (Å²) in [6, 6.07) is 16.2. The van der Waals surface area contributed by atoms with Crippen molar-refractivity contribution in [1.29, 1.82) is 0 Å². The molecule has 2 aliphatic rings. The fourth-order valence-corrected chi connectivity index (χ4v) is 5.97. The molecule has 1 amide bonds. The van der Waals surface area contributed by atoms with E-state index >= 15 is 0 Å². The number of halogens is 6. The Morgan fingerprint density at radius 1 is 0.951 bits per heavy atom. The molecule has 1 aromatic heterocycles. The zero-order valence-electron chi connectivity index (χ0n) is 21.9. The third-order valence-electron chi connectivity index (χ3n) is 7.89. The van der Waals surface area contributed by atoms with Crippen LogP contribution in [-0.2, 0) is 40.5 Å². The van der Waals surface area contributed by atoms with Crippen molar-refractivity contribution in [1.82, 2.24) is 15.6 Å². The third-order valence-corrected chi connectivity index (χ3v) is 7.89. The van der Waals surface area contributed by atoms with E-state index in [0.29, 0.717) is 44.4 Å². The zero-order valence-corrected chi connectivity index (χ0v) is 21.9. The lowest BCUT2D eigenvalue weighted by atomic mass is 9.80. The summed E-state index contributed by atoms with van der Waals surface area (Å²) in [7, 11) is 0. The maximum atomic E-state index is 13.4. The van der Waals surface area contributed by atoms with Crippen LogP contribution in [0, 0.1) is 5.92 Å². The Balaban J connectivity index is 1.35. The Hall–Kier alpha value is -3.44. The second-order valence-electron chi connectivity index (χ2n) is 10.6. The van der Waals surface area contributed by atoms with E-state index in [9.17, 15) is 31.1 Å². The van der Waals surface area contributed by atoms with E-state index in [1.807, 2.05) is 48.5 Å². The molecule has 0 aliphatic carbocycles. The summed E-state index contributed by atoms with van der Waals surface area (Å²) in [5, 5.41) is 6.55. The van der Waals surface area contributed by atoms with Crippen molar-refractivity contribution >= 4 is 5.91 Å². The standard InChI is InChI=1S/C30H29F6N3O2/c31-29(32,33)21-14-19(15-22(16-21)30(34,35)36)18-41-26-10-9-25-24(17-28(26,39-25)20-6-2-1-3-7-20)27(40)38-13-11-23-8-4-5-12-37-23/h1-8,12,14-16,24-26,39H,9-11,13,17-18H2,(H,38,40). The molecule has 3 heterocycles. The molecular formula is C30H29F6N3O2. The normalized spacial score (nSPS) is 24.3. The molecule has 5 rings (SSSR count). The molecule has 2 fully saturated rings. The lowest BCUT2D eigenvalue weighted by molar-refractivity contribution is -0.143. The highest BCUT2D eigenvalue weighted by Crippen LogP contribution is 2.48. The molecular weight excluding hydrogens is 548 g/mol. The number of pyridine rings is 1. The molecule has 218 valence electrons. The van der Waals surface area contributed by atoms with Crippen LogP contribution in [-0.4, -0.2) is 29.6 Å². The van der Waals surface area contributed by atoms with Gasteiger partial charge >= 0.3 is 12.4 Å². The van der Waals surface area contributed by atoms with E-state index in [1.54, 1.807) is 6.20 Å². The number of nitrogens with one attached hydrogen (secondary N) is 2. The van der Waals surface area contributed by atoms with Crippen molar-refractivity contribution in [2.45, 2.75) is 62.3 Å². The lowest BCUT2D eigenvalue weighted by Gasteiger charge is -2.42. The van der Waals surface area contributed by atoms with Crippen molar-refractivity contribution in [3.8, 4) is 0 Å². The van der Waals surface area contributed by atoms with E-state index < -0.39 is 47.6 Å². The average molecular weight is 578 g/mol. The number of carbonyl (C=O) groups excluding carboxylic acids is 1. The maximum absolute atomic E-state index is 13.4. The van der Waals surface area contributed by atoms with Crippen LogP contribution in [0.5, 0.6) is 0 Å². The van der Waals surface area contributed by atoms with Crippen molar-refractivity contribution in [3.05, 3.63) is 101 Å². The zero-order chi connectivity index (χ0) is 29.3. The molecule has 0 radical (unpaired) electrons. The first-order chi connectivity index (χ1) is 19.5. The predicted octanol–water partition coefficient (Wildman–Crippen LogP) is 6.03. The van der Waals surface area contributed by atoms with Gasteiger partial charge in [0, 0.05) is 30.9 Å². The summed E-state index contributed by atoms with van der Waals surface area (Å²) < 4.78 is 86.4. The number of benzene rings is 2. The molecule has 2 aliphatic heterocycles. The van der Waals surface area contributed by atoms with E-state index in [2.05, 4.69) is 15.6 Å². The Bertz CT molecular complexity index is 1320. The number of rotatable bonds is 8. The van der Waals surface area contributed by atoms with Crippen LogP contribution in [0.2, 0.25) is 0 Å². The minimum Gasteiger partial charge on any atom is -0.371 e. The van der Waals surface area contributed by atoms with Gasteiger partial charge in [-0.25, -0.2) is 0 Å². The second kappa shape index (κ2) is 11.4. The van der Waals surface area contributed by atoms with Gasteiger partial charge in [0.15, 0.2) is 0 Å². The molecule has 11 heteroatoms. The number of nitrogens with zero attached hydrogens (tertiary/aromatic N) is 1. The van der Waals surface area contributed by atoms with Crippen LogP contribution < -0.4 is 10.6 Å². The van der Waals surface area contributed by atoms with Gasteiger partial charge in [-0.1, -0.05) is 36.4 Å². The summed E-state index contributed by atoms with van der Waals surface area (Å²) >= 11 is 0. The van der Waals surface area contributed by atoms with Gasteiger partial charge in [0.2, 0.25) is 5.91 Å². The molecule has 3 aromatic rings. The van der Waals surface area contributed by atoms with Crippen molar-refractivity contribution in [2.75, 3.05) is 6.54 Å². The average Bonchev–Trinajstić information content (AvgIpc) is 3.26. The summed E-state index contributed by atoms with van der Waals surface area (Å²) in [5.41, 5.74) is -2.11. The van der Waals surface area contributed by atoms with Gasteiger partial charge in [0.05, 0.1) is 35.3 Å². The van der Waals surface area contributed by atoms with Crippen LogP contribution in [0.15, 0.2) is 72.9 Å². The van der Waals surface area contributed by atoms with E-state index in [0.717, 1.165) is 11.3 Å². The number of piperidine rings is 1. The van der Waals surface area contributed by atoms with Gasteiger partial charge in [-0.2, -0.15) is 26.3 Å². The highest BCUT2D eigenvalue weighted by Gasteiger charge is 2.56. The highest BCUT2D eigenvalue weighted by molar-refractivity contribution is 5.80. The number of hydrogen-bond acceptors (Lipinski definition) is 4.